The van der Waals surface area contributed by atoms with Crippen LogP contribution < -0.4 is 0 Å². The highest BCUT2D eigenvalue weighted by Crippen LogP contribution is 2.35. The molecule has 33 heavy (non-hydrogen) atoms. The number of nitrogens with zero attached hydrogens (tertiary/aromatic N) is 3. The summed E-state index contributed by atoms with van der Waals surface area (Å²) in [4.78, 5) is 13.8. The lowest BCUT2D eigenvalue weighted by Gasteiger charge is -2.12. The molecule has 0 aliphatic carbocycles. The van der Waals surface area contributed by atoms with E-state index < -0.39 is 0 Å². The molecule has 0 aliphatic rings. The molecule has 0 amide bonds. The molecule has 0 saturated carbocycles. The zero-order valence-corrected chi connectivity index (χ0v) is 18.4. The first kappa shape index (κ1) is 19.6. The number of hydrogen-bond donors (Lipinski definition) is 0. The van der Waals surface area contributed by atoms with E-state index in [1.54, 1.807) is 0 Å². The van der Waals surface area contributed by atoms with E-state index in [1.807, 2.05) is 42.5 Å². The maximum atomic E-state index is 6.42. The predicted octanol–water partition coefficient (Wildman–Crippen LogP) is 7.83. The van der Waals surface area contributed by atoms with Crippen molar-refractivity contribution < 1.29 is 0 Å². The van der Waals surface area contributed by atoms with Crippen molar-refractivity contribution in [3.63, 3.8) is 0 Å². The van der Waals surface area contributed by atoms with Crippen molar-refractivity contribution >= 4 is 33.1 Å². The molecule has 0 radical (unpaired) electrons. The first-order valence-electron chi connectivity index (χ1n) is 10.7. The molecule has 6 rings (SSSR count). The van der Waals surface area contributed by atoms with E-state index in [2.05, 4.69) is 76.7 Å². The van der Waals surface area contributed by atoms with E-state index in [1.165, 1.54) is 5.39 Å². The van der Waals surface area contributed by atoms with Gasteiger partial charge in [0.05, 0.1) is 0 Å². The second kappa shape index (κ2) is 8.12. The van der Waals surface area contributed by atoms with Gasteiger partial charge in [0.25, 0.3) is 0 Å². The Morgan fingerprint density at radius 1 is 0.424 bits per heavy atom. The molecule has 0 spiro atoms. The normalized spacial score (nSPS) is 11.2. The summed E-state index contributed by atoms with van der Waals surface area (Å²) in [5, 5.41) is 4.76. The second-order valence-corrected chi connectivity index (χ2v) is 8.26. The fourth-order valence-corrected chi connectivity index (χ4v) is 4.37. The highest BCUT2D eigenvalue weighted by atomic mass is 35.5. The number of benzene rings is 5. The first-order chi connectivity index (χ1) is 16.2. The maximum absolute atomic E-state index is 6.42. The van der Waals surface area contributed by atoms with Gasteiger partial charge in [-0.05, 0) is 62.5 Å². The monoisotopic (exact) mass is 443 g/mol. The van der Waals surface area contributed by atoms with Crippen molar-refractivity contribution in [3.05, 3.63) is 114 Å². The average molecular weight is 444 g/mol. The van der Waals surface area contributed by atoms with Crippen LogP contribution in [0, 0.1) is 0 Å². The molecule has 0 fully saturated rings. The van der Waals surface area contributed by atoms with Crippen LogP contribution in [-0.4, -0.2) is 15.0 Å². The molecule has 5 aromatic carbocycles. The third-order valence-electron chi connectivity index (χ3n) is 5.83. The molecule has 0 bridgehead atoms. The second-order valence-electron chi connectivity index (χ2n) is 7.92. The Morgan fingerprint density at radius 3 is 1.73 bits per heavy atom. The number of aromatic nitrogens is 3. The maximum Gasteiger partial charge on any atom is 0.226 e. The molecular weight excluding hydrogens is 426 g/mol. The van der Waals surface area contributed by atoms with Gasteiger partial charge >= 0.3 is 0 Å². The van der Waals surface area contributed by atoms with Crippen LogP contribution in [0.3, 0.4) is 0 Å². The topological polar surface area (TPSA) is 38.7 Å². The highest BCUT2D eigenvalue weighted by molar-refractivity contribution is 6.28. The minimum Gasteiger partial charge on any atom is -0.208 e. The zero-order chi connectivity index (χ0) is 22.2. The summed E-state index contributed by atoms with van der Waals surface area (Å²) in [5.41, 5.74) is 3.98. The molecule has 0 saturated heterocycles. The predicted molar refractivity (Wildman–Crippen MR) is 136 cm³/mol. The van der Waals surface area contributed by atoms with E-state index in [-0.39, 0.29) is 5.28 Å². The molecular formula is C29H18ClN3. The van der Waals surface area contributed by atoms with Crippen LogP contribution in [-0.2, 0) is 0 Å². The summed E-state index contributed by atoms with van der Waals surface area (Å²) in [6.45, 7) is 0. The Balaban J connectivity index is 1.57. The lowest BCUT2D eigenvalue weighted by molar-refractivity contribution is 1.07. The molecule has 6 aromatic rings. The standard InChI is InChI=1S/C29H18ClN3/c30-29-32-27(24-15-14-19-8-4-5-11-21(19)16-24)31-28(33-29)26-18-23-13-7-6-12-22(23)17-25(26)20-9-2-1-3-10-20/h1-18H. The van der Waals surface area contributed by atoms with Crippen molar-refractivity contribution in [3.8, 4) is 33.9 Å². The van der Waals surface area contributed by atoms with Crippen molar-refractivity contribution in [1.82, 2.24) is 15.0 Å². The van der Waals surface area contributed by atoms with Gasteiger partial charge in [0, 0.05) is 11.1 Å². The molecule has 3 nitrogen and oxygen atoms in total. The molecule has 0 atom stereocenters. The van der Waals surface area contributed by atoms with Crippen molar-refractivity contribution in [1.29, 1.82) is 0 Å². The molecule has 0 N–H and O–H groups in total. The van der Waals surface area contributed by atoms with Crippen LogP contribution >= 0.6 is 11.6 Å². The van der Waals surface area contributed by atoms with Gasteiger partial charge in [0.15, 0.2) is 11.6 Å². The van der Waals surface area contributed by atoms with Crippen LogP contribution in [0.5, 0.6) is 0 Å². The summed E-state index contributed by atoms with van der Waals surface area (Å²) < 4.78 is 0. The van der Waals surface area contributed by atoms with Crippen LogP contribution in [0.15, 0.2) is 109 Å². The van der Waals surface area contributed by atoms with Gasteiger partial charge in [-0.15, -0.1) is 0 Å². The molecule has 1 heterocycles. The van der Waals surface area contributed by atoms with E-state index in [4.69, 9.17) is 16.6 Å². The lowest BCUT2D eigenvalue weighted by Crippen LogP contribution is -1.99. The third-order valence-corrected chi connectivity index (χ3v) is 6.00. The molecule has 1 aromatic heterocycles. The van der Waals surface area contributed by atoms with Crippen LogP contribution in [0.2, 0.25) is 5.28 Å². The minimum absolute atomic E-state index is 0.176. The van der Waals surface area contributed by atoms with E-state index in [0.717, 1.165) is 38.4 Å². The highest BCUT2D eigenvalue weighted by Gasteiger charge is 2.15. The van der Waals surface area contributed by atoms with Crippen molar-refractivity contribution in [2.75, 3.05) is 0 Å². The summed E-state index contributed by atoms with van der Waals surface area (Å²) in [6, 6.07) is 37.3. The van der Waals surface area contributed by atoms with Gasteiger partial charge in [0.2, 0.25) is 5.28 Å². The summed E-state index contributed by atoms with van der Waals surface area (Å²) in [6.07, 6.45) is 0. The van der Waals surface area contributed by atoms with E-state index in [9.17, 15) is 0 Å². The minimum atomic E-state index is 0.176. The Labute approximate surface area is 196 Å². The van der Waals surface area contributed by atoms with Gasteiger partial charge in [-0.2, -0.15) is 9.97 Å². The van der Waals surface area contributed by atoms with Gasteiger partial charge in [-0.3, -0.25) is 0 Å². The summed E-state index contributed by atoms with van der Waals surface area (Å²) >= 11 is 6.42. The van der Waals surface area contributed by atoms with Gasteiger partial charge < -0.3 is 0 Å². The molecule has 4 heteroatoms. The molecule has 156 valence electrons. The summed E-state index contributed by atoms with van der Waals surface area (Å²) in [7, 11) is 0. The number of halogens is 1. The quantitative estimate of drug-likeness (QED) is 0.279. The SMILES string of the molecule is Clc1nc(-c2ccc3ccccc3c2)nc(-c2cc3ccccc3cc2-c2ccccc2)n1. The average Bonchev–Trinajstić information content (AvgIpc) is 2.88. The zero-order valence-electron chi connectivity index (χ0n) is 17.6. The van der Waals surface area contributed by atoms with Crippen LogP contribution in [0.4, 0.5) is 0 Å². The van der Waals surface area contributed by atoms with Gasteiger partial charge in [-0.1, -0.05) is 91.0 Å². The number of rotatable bonds is 3. The Hall–Kier alpha value is -4.08. The van der Waals surface area contributed by atoms with Crippen LogP contribution in [0.1, 0.15) is 0 Å². The molecule has 0 aliphatic heterocycles. The van der Waals surface area contributed by atoms with Crippen molar-refractivity contribution in [2.24, 2.45) is 0 Å². The Morgan fingerprint density at radius 2 is 1.00 bits per heavy atom. The lowest BCUT2D eigenvalue weighted by atomic mass is 9.95. The number of hydrogen-bond acceptors (Lipinski definition) is 3. The Bertz CT molecular complexity index is 1630. The summed E-state index contributed by atoms with van der Waals surface area (Å²) in [5.74, 6) is 1.12. The largest absolute Gasteiger partial charge is 0.226 e. The smallest absolute Gasteiger partial charge is 0.208 e. The fourth-order valence-electron chi connectivity index (χ4n) is 4.21. The molecule has 0 unspecified atom stereocenters. The number of fused-ring (bicyclic) bond motifs is 2. The fraction of sp³-hybridized carbons (Fsp3) is 0. The van der Waals surface area contributed by atoms with E-state index >= 15 is 0 Å². The van der Waals surface area contributed by atoms with Crippen molar-refractivity contribution in [2.45, 2.75) is 0 Å². The Kier molecular flexibility index (Phi) is 4.82. The van der Waals surface area contributed by atoms with Gasteiger partial charge in [0.1, 0.15) is 0 Å². The third kappa shape index (κ3) is 3.73. The van der Waals surface area contributed by atoms with E-state index in [0.29, 0.717) is 11.6 Å². The van der Waals surface area contributed by atoms with Crippen LogP contribution in [0.25, 0.3) is 55.4 Å². The first-order valence-corrected chi connectivity index (χ1v) is 11.1. The van der Waals surface area contributed by atoms with Gasteiger partial charge in [-0.25, -0.2) is 4.98 Å².